The normalized spacial score (nSPS) is 14.6. The summed E-state index contributed by atoms with van der Waals surface area (Å²) >= 11 is 1.73. The fourth-order valence-electron chi connectivity index (χ4n) is 2.63. The maximum Gasteiger partial charge on any atom is 0.254 e. The number of methoxy groups -OCH3 is 1. The van der Waals surface area contributed by atoms with Crippen molar-refractivity contribution in [3.63, 3.8) is 0 Å². The third-order valence-corrected chi connectivity index (χ3v) is 4.53. The summed E-state index contributed by atoms with van der Waals surface area (Å²) in [5.41, 5.74) is 2.21. The van der Waals surface area contributed by atoms with Gasteiger partial charge in [0.1, 0.15) is 12.1 Å². The van der Waals surface area contributed by atoms with Gasteiger partial charge < -0.3 is 9.64 Å². The summed E-state index contributed by atoms with van der Waals surface area (Å²) in [6.45, 7) is 1.37. The molecule has 6 nitrogen and oxygen atoms in total. The molecule has 1 aliphatic carbocycles. The molecule has 0 spiro atoms. The Kier molecular flexibility index (Phi) is 3.51. The molecule has 0 aliphatic heterocycles. The summed E-state index contributed by atoms with van der Waals surface area (Å²) in [5.74, 6) is 1.67. The maximum absolute atomic E-state index is 5.23. The molecule has 3 aromatic heterocycles. The standard InChI is InChI=1S/C15H17N5OS/c1-21-8-12-6-14(20-15(18-12)16-10-17-20)19(13-2-3-13)7-11-4-5-22-9-11/h4-6,9-10,13H,2-3,7-8H2,1H3. The zero-order valence-electron chi connectivity index (χ0n) is 12.3. The third-order valence-electron chi connectivity index (χ3n) is 3.79. The fourth-order valence-corrected chi connectivity index (χ4v) is 3.29. The molecule has 0 bridgehead atoms. The van der Waals surface area contributed by atoms with E-state index in [1.54, 1.807) is 24.8 Å². The first-order valence-corrected chi connectivity index (χ1v) is 8.26. The molecule has 0 unspecified atom stereocenters. The van der Waals surface area contributed by atoms with Crippen molar-refractivity contribution in [1.29, 1.82) is 0 Å². The van der Waals surface area contributed by atoms with Crippen molar-refractivity contribution in [2.24, 2.45) is 0 Å². The van der Waals surface area contributed by atoms with Gasteiger partial charge in [-0.05, 0) is 35.2 Å². The van der Waals surface area contributed by atoms with Crippen molar-refractivity contribution in [3.8, 4) is 0 Å². The molecule has 1 fully saturated rings. The van der Waals surface area contributed by atoms with E-state index in [9.17, 15) is 0 Å². The SMILES string of the molecule is COCc1cc(N(Cc2ccsc2)C2CC2)n2ncnc2n1. The van der Waals surface area contributed by atoms with Crippen molar-refractivity contribution >= 4 is 22.9 Å². The number of ether oxygens (including phenoxy) is 1. The molecule has 7 heteroatoms. The molecule has 0 amide bonds. The van der Waals surface area contributed by atoms with Gasteiger partial charge in [0.2, 0.25) is 0 Å². The highest BCUT2D eigenvalue weighted by atomic mass is 32.1. The van der Waals surface area contributed by atoms with Crippen LogP contribution in [-0.4, -0.2) is 32.7 Å². The second-order valence-corrected chi connectivity index (χ2v) is 6.28. The second kappa shape index (κ2) is 5.66. The first-order valence-electron chi connectivity index (χ1n) is 7.31. The molecule has 1 aliphatic rings. The average Bonchev–Trinajstić information content (AvgIpc) is 3.03. The van der Waals surface area contributed by atoms with Crippen molar-refractivity contribution < 1.29 is 4.74 Å². The van der Waals surface area contributed by atoms with E-state index in [-0.39, 0.29) is 0 Å². The molecule has 0 saturated heterocycles. The van der Waals surface area contributed by atoms with Crippen LogP contribution in [0.1, 0.15) is 24.1 Å². The lowest BCUT2D eigenvalue weighted by Crippen LogP contribution is -2.27. The molecule has 3 aromatic rings. The Hall–Kier alpha value is -1.99. The van der Waals surface area contributed by atoms with Crippen molar-refractivity contribution in [2.75, 3.05) is 12.0 Å². The molecule has 22 heavy (non-hydrogen) atoms. The van der Waals surface area contributed by atoms with E-state index in [0.29, 0.717) is 18.4 Å². The molecule has 1 saturated carbocycles. The Morgan fingerprint density at radius 2 is 2.36 bits per heavy atom. The van der Waals surface area contributed by atoms with Crippen LogP contribution >= 0.6 is 11.3 Å². The van der Waals surface area contributed by atoms with Crippen molar-refractivity contribution in [3.05, 3.63) is 40.5 Å². The smallest absolute Gasteiger partial charge is 0.254 e. The van der Waals surface area contributed by atoms with E-state index in [1.807, 2.05) is 4.52 Å². The number of fused-ring (bicyclic) bond motifs is 1. The fraction of sp³-hybridized carbons (Fsp3) is 0.400. The van der Waals surface area contributed by atoms with E-state index in [1.165, 1.54) is 18.4 Å². The Bertz CT molecular complexity index is 765. The van der Waals surface area contributed by atoms with Gasteiger partial charge in [-0.1, -0.05) is 0 Å². The van der Waals surface area contributed by atoms with E-state index in [0.717, 1.165) is 18.1 Å². The van der Waals surface area contributed by atoms with E-state index >= 15 is 0 Å². The van der Waals surface area contributed by atoms with Gasteiger partial charge in [-0.25, -0.2) is 4.98 Å². The van der Waals surface area contributed by atoms with Gasteiger partial charge in [0.15, 0.2) is 0 Å². The molecule has 0 aromatic carbocycles. The Balaban J connectivity index is 1.77. The molecule has 0 atom stereocenters. The largest absolute Gasteiger partial charge is 0.378 e. The lowest BCUT2D eigenvalue weighted by Gasteiger charge is -2.24. The molecule has 0 N–H and O–H groups in total. The summed E-state index contributed by atoms with van der Waals surface area (Å²) in [5, 5.41) is 8.66. The zero-order chi connectivity index (χ0) is 14.9. The average molecular weight is 315 g/mol. The first kappa shape index (κ1) is 13.7. The number of thiophene rings is 1. The molecule has 3 heterocycles. The van der Waals surface area contributed by atoms with Crippen LogP contribution in [0, 0.1) is 0 Å². The highest BCUT2D eigenvalue weighted by Gasteiger charge is 2.31. The topological polar surface area (TPSA) is 55.6 Å². The number of aromatic nitrogens is 4. The predicted octanol–water partition coefficient (Wildman–Crippen LogP) is 2.50. The monoisotopic (exact) mass is 315 g/mol. The molecular weight excluding hydrogens is 298 g/mol. The van der Waals surface area contributed by atoms with Crippen LogP contribution in [0.25, 0.3) is 5.78 Å². The van der Waals surface area contributed by atoms with Crippen LogP contribution in [0.4, 0.5) is 5.82 Å². The van der Waals surface area contributed by atoms with Gasteiger partial charge in [-0.15, -0.1) is 0 Å². The number of hydrogen-bond donors (Lipinski definition) is 0. The quantitative estimate of drug-likeness (QED) is 0.699. The number of anilines is 1. The van der Waals surface area contributed by atoms with Gasteiger partial charge in [-0.2, -0.15) is 25.9 Å². The molecular formula is C15H17N5OS. The summed E-state index contributed by atoms with van der Waals surface area (Å²) in [4.78, 5) is 11.1. The maximum atomic E-state index is 5.23. The summed E-state index contributed by atoms with van der Waals surface area (Å²) < 4.78 is 7.06. The van der Waals surface area contributed by atoms with Crippen LogP contribution in [0.15, 0.2) is 29.2 Å². The van der Waals surface area contributed by atoms with Crippen LogP contribution in [0.5, 0.6) is 0 Å². The minimum atomic E-state index is 0.479. The van der Waals surface area contributed by atoms with Crippen molar-refractivity contribution in [2.45, 2.75) is 32.0 Å². The predicted molar refractivity (Wildman–Crippen MR) is 85.0 cm³/mol. The number of rotatable bonds is 6. The molecule has 114 valence electrons. The van der Waals surface area contributed by atoms with Gasteiger partial charge in [-0.3, -0.25) is 0 Å². The molecule has 4 rings (SSSR count). The van der Waals surface area contributed by atoms with Crippen LogP contribution in [0.3, 0.4) is 0 Å². The van der Waals surface area contributed by atoms with Gasteiger partial charge in [0.25, 0.3) is 5.78 Å². The lowest BCUT2D eigenvalue weighted by molar-refractivity contribution is 0.181. The Morgan fingerprint density at radius 1 is 1.45 bits per heavy atom. The highest BCUT2D eigenvalue weighted by Crippen LogP contribution is 2.33. The summed E-state index contributed by atoms with van der Waals surface area (Å²) in [6.07, 6.45) is 4.00. The second-order valence-electron chi connectivity index (χ2n) is 5.50. The summed E-state index contributed by atoms with van der Waals surface area (Å²) in [7, 11) is 1.68. The summed E-state index contributed by atoms with van der Waals surface area (Å²) in [6, 6.07) is 4.82. The first-order chi connectivity index (χ1) is 10.8. The van der Waals surface area contributed by atoms with Crippen molar-refractivity contribution in [1.82, 2.24) is 19.6 Å². The van der Waals surface area contributed by atoms with Crippen LogP contribution < -0.4 is 4.90 Å². The van der Waals surface area contributed by atoms with Gasteiger partial charge in [0.05, 0.1) is 12.3 Å². The lowest BCUT2D eigenvalue weighted by atomic mass is 10.3. The van der Waals surface area contributed by atoms with Gasteiger partial charge in [0, 0.05) is 25.8 Å². The molecule has 0 radical (unpaired) electrons. The minimum Gasteiger partial charge on any atom is -0.378 e. The highest BCUT2D eigenvalue weighted by molar-refractivity contribution is 7.07. The van der Waals surface area contributed by atoms with E-state index in [4.69, 9.17) is 4.74 Å². The zero-order valence-corrected chi connectivity index (χ0v) is 13.2. The van der Waals surface area contributed by atoms with E-state index < -0.39 is 0 Å². The van der Waals surface area contributed by atoms with Crippen LogP contribution in [-0.2, 0) is 17.9 Å². The number of hydrogen-bond acceptors (Lipinski definition) is 6. The minimum absolute atomic E-state index is 0.479. The van der Waals surface area contributed by atoms with Gasteiger partial charge >= 0.3 is 0 Å². The Morgan fingerprint density at radius 3 is 3.09 bits per heavy atom. The number of nitrogens with zero attached hydrogens (tertiary/aromatic N) is 5. The Labute approximate surface area is 132 Å². The van der Waals surface area contributed by atoms with E-state index in [2.05, 4.69) is 42.9 Å². The third kappa shape index (κ3) is 2.57. The van der Waals surface area contributed by atoms with Crippen LogP contribution in [0.2, 0.25) is 0 Å².